The van der Waals surface area contributed by atoms with Crippen LogP contribution in [0.2, 0.25) is 5.02 Å². The number of carbonyl (C=O) groups excluding carboxylic acids is 2. The van der Waals surface area contributed by atoms with Gasteiger partial charge in [0, 0.05) is 30.6 Å². The molecule has 0 unspecified atom stereocenters. The molecule has 2 aromatic carbocycles. The molecule has 12 heteroatoms. The molecule has 0 bridgehead atoms. The fourth-order valence-electron chi connectivity index (χ4n) is 5.86. The number of hydrogen-bond acceptors (Lipinski definition) is 4. The van der Waals surface area contributed by atoms with E-state index in [1.807, 2.05) is 12.1 Å². The van der Waals surface area contributed by atoms with Crippen LogP contribution in [0.4, 0.5) is 18.9 Å². The second-order valence-electron chi connectivity index (χ2n) is 11.1. The molecule has 1 aromatic heterocycles. The number of carbonyl (C=O) groups is 3. The fourth-order valence-corrected chi connectivity index (χ4v) is 6.09. The van der Waals surface area contributed by atoms with Crippen LogP contribution >= 0.6 is 11.6 Å². The maximum atomic E-state index is 15.1. The van der Waals surface area contributed by atoms with Crippen LogP contribution in [-0.2, 0) is 27.8 Å². The number of aryl methyl sites for hydroxylation is 1. The van der Waals surface area contributed by atoms with E-state index in [0.29, 0.717) is 36.6 Å². The third-order valence-electron chi connectivity index (χ3n) is 8.11. The normalized spacial score (nSPS) is 21.9. The molecule has 2 aliphatic rings. The molecule has 42 heavy (non-hydrogen) atoms. The van der Waals surface area contributed by atoms with Gasteiger partial charge in [0.25, 0.3) is 11.8 Å². The second-order valence-corrected chi connectivity index (χ2v) is 11.5. The average molecular weight is 606 g/mol. The smallest absolute Gasteiger partial charge is 0.306 e. The molecule has 1 aliphatic carbocycles. The number of benzene rings is 2. The van der Waals surface area contributed by atoms with Crippen LogP contribution in [-0.4, -0.2) is 63.6 Å². The van der Waals surface area contributed by atoms with E-state index in [0.717, 1.165) is 16.5 Å². The van der Waals surface area contributed by atoms with Gasteiger partial charge in [0.2, 0.25) is 5.91 Å². The van der Waals surface area contributed by atoms with Gasteiger partial charge in [-0.1, -0.05) is 29.8 Å². The third-order valence-corrected chi connectivity index (χ3v) is 8.43. The van der Waals surface area contributed by atoms with Gasteiger partial charge in [0.1, 0.15) is 5.82 Å². The maximum Gasteiger partial charge on any atom is 0.306 e. The Kier molecular flexibility index (Phi) is 8.52. The van der Waals surface area contributed by atoms with Gasteiger partial charge in [-0.2, -0.15) is 0 Å². The Balaban J connectivity index is 1.23. The lowest BCUT2D eigenvalue weighted by atomic mass is 9.87. The Morgan fingerprint density at radius 2 is 1.86 bits per heavy atom. The van der Waals surface area contributed by atoms with Crippen molar-refractivity contribution in [3.8, 4) is 0 Å². The monoisotopic (exact) mass is 605 g/mol. The summed E-state index contributed by atoms with van der Waals surface area (Å²) in [4.78, 5) is 38.3. The molecule has 8 nitrogen and oxygen atoms in total. The quantitative estimate of drug-likeness (QED) is 0.345. The number of rotatable bonds is 8. The molecular formula is C30H31ClF3N3O5. The Morgan fingerprint density at radius 3 is 2.57 bits per heavy atom. The number of alkyl halides is 2. The van der Waals surface area contributed by atoms with Crippen LogP contribution in [0, 0.1) is 11.7 Å². The SMILES string of the molecule is Cn1cc(C(=O)Nc2cc(F)c(CC(=O)N3CC(F)(F)C[C@H]3COC3CCC(C(=O)O)CC3)cc2Cl)c2ccccc21. The van der Waals surface area contributed by atoms with E-state index in [2.05, 4.69) is 5.32 Å². The van der Waals surface area contributed by atoms with Crippen LogP contribution in [0.5, 0.6) is 0 Å². The number of aliphatic carboxylic acids is 1. The first-order valence-corrected chi connectivity index (χ1v) is 14.1. The molecule has 1 aliphatic heterocycles. The number of amides is 2. The van der Waals surface area contributed by atoms with Crippen LogP contribution in [0.1, 0.15) is 48.0 Å². The highest BCUT2D eigenvalue weighted by Gasteiger charge is 2.47. The molecule has 0 radical (unpaired) electrons. The predicted molar refractivity (Wildman–Crippen MR) is 150 cm³/mol. The van der Waals surface area contributed by atoms with E-state index in [-0.39, 0.29) is 29.0 Å². The van der Waals surface area contributed by atoms with E-state index in [4.69, 9.17) is 21.4 Å². The molecule has 5 rings (SSSR count). The first kappa shape index (κ1) is 29.9. The molecule has 2 heterocycles. The summed E-state index contributed by atoms with van der Waals surface area (Å²) in [6, 6.07) is 8.65. The summed E-state index contributed by atoms with van der Waals surface area (Å²) in [7, 11) is 1.80. The fraction of sp³-hybridized carbons (Fsp3) is 0.433. The van der Waals surface area contributed by atoms with Gasteiger partial charge < -0.3 is 24.6 Å². The zero-order chi connectivity index (χ0) is 30.2. The molecule has 1 atom stereocenters. The number of carboxylic acid groups (broad SMARTS) is 1. The summed E-state index contributed by atoms with van der Waals surface area (Å²) in [5.74, 6) is -6.40. The van der Waals surface area contributed by atoms with Crippen molar-refractivity contribution in [2.45, 2.75) is 56.6 Å². The lowest BCUT2D eigenvalue weighted by Gasteiger charge is -2.29. The Morgan fingerprint density at radius 1 is 1.14 bits per heavy atom. The minimum Gasteiger partial charge on any atom is -0.481 e. The number of nitrogens with one attached hydrogen (secondary N) is 1. The molecule has 2 fully saturated rings. The van der Waals surface area contributed by atoms with Crippen molar-refractivity contribution in [2.75, 3.05) is 18.5 Å². The van der Waals surface area contributed by atoms with E-state index in [1.54, 1.807) is 29.9 Å². The number of halogens is 4. The van der Waals surface area contributed by atoms with Crippen molar-refractivity contribution in [3.63, 3.8) is 0 Å². The van der Waals surface area contributed by atoms with Crippen LogP contribution in [0.15, 0.2) is 42.6 Å². The molecule has 224 valence electrons. The highest BCUT2D eigenvalue weighted by molar-refractivity contribution is 6.34. The maximum absolute atomic E-state index is 15.1. The number of carboxylic acids is 1. The van der Waals surface area contributed by atoms with Gasteiger partial charge in [-0.3, -0.25) is 14.4 Å². The number of para-hydroxylation sites is 1. The number of hydrogen-bond donors (Lipinski definition) is 2. The van der Waals surface area contributed by atoms with E-state index in [9.17, 15) is 23.2 Å². The van der Waals surface area contributed by atoms with Crippen molar-refractivity contribution in [2.24, 2.45) is 13.0 Å². The zero-order valence-corrected chi connectivity index (χ0v) is 23.7. The van der Waals surface area contributed by atoms with Gasteiger partial charge in [-0.15, -0.1) is 0 Å². The lowest BCUT2D eigenvalue weighted by Crippen LogP contribution is -2.41. The number of anilines is 1. The van der Waals surface area contributed by atoms with Gasteiger partial charge in [-0.05, 0) is 49.4 Å². The molecular weight excluding hydrogens is 575 g/mol. The molecule has 1 saturated heterocycles. The number of ether oxygens (including phenoxy) is 1. The number of likely N-dealkylation sites (tertiary alicyclic amines) is 1. The molecule has 3 aromatic rings. The van der Waals surface area contributed by atoms with Gasteiger partial charge in [0.05, 0.1) is 53.9 Å². The van der Waals surface area contributed by atoms with Crippen molar-refractivity contribution in [1.29, 1.82) is 0 Å². The molecule has 0 spiro atoms. The minimum absolute atomic E-state index is 0.00335. The van der Waals surface area contributed by atoms with Crippen molar-refractivity contribution >= 4 is 46.0 Å². The first-order valence-electron chi connectivity index (χ1n) is 13.8. The lowest BCUT2D eigenvalue weighted by molar-refractivity contribution is -0.144. The topological polar surface area (TPSA) is 101 Å². The van der Waals surface area contributed by atoms with E-state index in [1.165, 1.54) is 6.07 Å². The molecule has 2 amide bonds. The highest BCUT2D eigenvalue weighted by Crippen LogP contribution is 2.35. The largest absolute Gasteiger partial charge is 0.481 e. The summed E-state index contributed by atoms with van der Waals surface area (Å²) >= 11 is 6.35. The molecule has 2 N–H and O–H groups in total. The van der Waals surface area contributed by atoms with Crippen LogP contribution < -0.4 is 5.32 Å². The van der Waals surface area contributed by atoms with Gasteiger partial charge >= 0.3 is 5.97 Å². The molecule has 1 saturated carbocycles. The Hall–Kier alpha value is -3.57. The number of aromatic nitrogens is 1. The standard InChI is InChI=1S/C30H31ClF3N3O5/c1-36-14-22(21-4-2-3-5-26(21)36)28(39)35-25-12-24(32)18(10-23(25)31)11-27(38)37-16-30(33,34)13-19(37)15-42-20-8-6-17(7-9-20)29(40)41/h2-5,10,12,14,17,19-20H,6-9,11,13,15-16H2,1H3,(H,35,39)(H,40,41)/t17?,19-,20?/m0/s1. The Labute approximate surface area is 245 Å². The van der Waals surface area contributed by atoms with Crippen molar-refractivity contribution in [3.05, 3.63) is 64.6 Å². The highest BCUT2D eigenvalue weighted by atomic mass is 35.5. The van der Waals surface area contributed by atoms with E-state index >= 15 is 4.39 Å². The Bertz CT molecular complexity index is 1520. The number of nitrogens with zero attached hydrogens (tertiary/aromatic N) is 2. The zero-order valence-electron chi connectivity index (χ0n) is 22.9. The van der Waals surface area contributed by atoms with Crippen molar-refractivity contribution in [1.82, 2.24) is 9.47 Å². The second kappa shape index (κ2) is 12.0. The summed E-state index contributed by atoms with van der Waals surface area (Å²) in [5.41, 5.74) is 1.15. The summed E-state index contributed by atoms with van der Waals surface area (Å²) < 4.78 is 51.4. The van der Waals surface area contributed by atoms with Crippen molar-refractivity contribution < 1.29 is 37.4 Å². The third kappa shape index (κ3) is 6.42. The summed E-state index contributed by atoms with van der Waals surface area (Å²) in [6.45, 7) is -0.924. The summed E-state index contributed by atoms with van der Waals surface area (Å²) in [6.07, 6.45) is 2.21. The average Bonchev–Trinajstić information content (AvgIpc) is 3.46. The van der Waals surface area contributed by atoms with Crippen LogP contribution in [0.25, 0.3) is 10.9 Å². The number of fused-ring (bicyclic) bond motifs is 1. The van der Waals surface area contributed by atoms with Crippen LogP contribution in [0.3, 0.4) is 0 Å². The van der Waals surface area contributed by atoms with E-state index < -0.39 is 60.9 Å². The summed E-state index contributed by atoms with van der Waals surface area (Å²) in [5, 5.41) is 12.5. The predicted octanol–water partition coefficient (Wildman–Crippen LogP) is 5.66. The minimum atomic E-state index is -3.11. The van der Waals surface area contributed by atoms with Gasteiger partial charge in [0.15, 0.2) is 0 Å². The first-order chi connectivity index (χ1) is 19.9. The van der Waals surface area contributed by atoms with Gasteiger partial charge in [-0.25, -0.2) is 13.2 Å².